The summed E-state index contributed by atoms with van der Waals surface area (Å²) >= 11 is 0. The van der Waals surface area contributed by atoms with Crippen LogP contribution in [0.5, 0.6) is 0 Å². The Morgan fingerprint density at radius 3 is 2.74 bits per heavy atom. The Morgan fingerprint density at radius 1 is 1.16 bits per heavy atom. The van der Waals surface area contributed by atoms with Crippen LogP contribution in [0.25, 0.3) is 5.78 Å². The van der Waals surface area contributed by atoms with Gasteiger partial charge in [0.25, 0.3) is 5.91 Å². The number of carbonyl (C=O) groups is 2. The van der Waals surface area contributed by atoms with E-state index in [1.165, 1.54) is 19.4 Å². The van der Waals surface area contributed by atoms with Crippen molar-refractivity contribution in [2.75, 3.05) is 45.9 Å². The quantitative estimate of drug-likeness (QED) is 0.705. The topological polar surface area (TPSA) is 92.1 Å². The number of hydrogen-bond donors (Lipinski definition) is 1. The summed E-state index contributed by atoms with van der Waals surface area (Å²) in [5, 5.41) is 2.89. The monoisotopic (exact) mass is 426 g/mol. The van der Waals surface area contributed by atoms with Crippen molar-refractivity contribution in [2.24, 2.45) is 11.8 Å². The molecule has 2 saturated heterocycles. The summed E-state index contributed by atoms with van der Waals surface area (Å²) in [6.45, 7) is 5.30. The highest BCUT2D eigenvalue weighted by molar-refractivity contribution is 5.92. The Labute approximate surface area is 181 Å². The number of rotatable bonds is 7. The van der Waals surface area contributed by atoms with E-state index in [0.717, 1.165) is 38.4 Å². The van der Waals surface area contributed by atoms with Crippen molar-refractivity contribution < 1.29 is 14.3 Å². The molecule has 2 aliphatic heterocycles. The Bertz CT molecular complexity index is 901. The Hall–Kier alpha value is -2.52. The summed E-state index contributed by atoms with van der Waals surface area (Å²) in [6.07, 6.45) is 10.00. The van der Waals surface area contributed by atoms with Gasteiger partial charge in [0, 0.05) is 44.8 Å². The minimum atomic E-state index is -0.263. The average molecular weight is 427 g/mol. The molecule has 1 unspecified atom stereocenters. The number of nitrogens with one attached hydrogen (secondary N) is 1. The zero-order chi connectivity index (χ0) is 21.2. The number of ether oxygens (including phenoxy) is 1. The van der Waals surface area contributed by atoms with Gasteiger partial charge in [-0.2, -0.15) is 0 Å². The number of amides is 2. The highest BCUT2D eigenvalue weighted by Gasteiger charge is 2.31. The maximum atomic E-state index is 12.5. The van der Waals surface area contributed by atoms with Crippen LogP contribution >= 0.6 is 0 Å². The van der Waals surface area contributed by atoms with Crippen molar-refractivity contribution in [1.29, 1.82) is 0 Å². The number of nitrogens with zero attached hydrogens (tertiary/aromatic N) is 5. The molecule has 9 heteroatoms. The molecule has 2 aromatic rings. The summed E-state index contributed by atoms with van der Waals surface area (Å²) in [5.41, 5.74) is 0.320. The van der Waals surface area contributed by atoms with Crippen LogP contribution in [0.1, 0.15) is 36.2 Å². The van der Waals surface area contributed by atoms with Gasteiger partial charge < -0.3 is 19.9 Å². The number of morpholine rings is 1. The molecular formula is C22H30N6O3. The normalized spacial score (nSPS) is 23.4. The first-order chi connectivity index (χ1) is 15.1. The second kappa shape index (κ2) is 8.92. The number of imidazole rings is 1. The van der Waals surface area contributed by atoms with E-state index in [-0.39, 0.29) is 24.5 Å². The molecule has 0 radical (unpaired) electrons. The van der Waals surface area contributed by atoms with E-state index in [1.807, 2.05) is 4.90 Å². The summed E-state index contributed by atoms with van der Waals surface area (Å²) in [5.74, 6) is 1.76. The van der Waals surface area contributed by atoms with E-state index in [0.29, 0.717) is 30.5 Å². The van der Waals surface area contributed by atoms with Crippen LogP contribution in [-0.4, -0.2) is 88.0 Å². The smallest absolute Gasteiger partial charge is 0.271 e. The second-order valence-electron chi connectivity index (χ2n) is 9.08. The summed E-state index contributed by atoms with van der Waals surface area (Å²) < 4.78 is 7.38. The minimum Gasteiger partial charge on any atom is -0.365 e. The number of likely N-dealkylation sites (tertiary alicyclic amines) is 1. The first-order valence-corrected chi connectivity index (χ1v) is 11.3. The van der Waals surface area contributed by atoms with E-state index < -0.39 is 0 Å². The molecule has 1 saturated carbocycles. The van der Waals surface area contributed by atoms with Crippen molar-refractivity contribution in [3.63, 3.8) is 0 Å². The van der Waals surface area contributed by atoms with Gasteiger partial charge in [-0.25, -0.2) is 9.97 Å². The molecule has 3 fully saturated rings. The zero-order valence-electron chi connectivity index (χ0n) is 17.8. The van der Waals surface area contributed by atoms with Crippen LogP contribution in [0.15, 0.2) is 24.7 Å². The molecule has 31 heavy (non-hydrogen) atoms. The number of hydrogen-bond acceptors (Lipinski definition) is 6. The van der Waals surface area contributed by atoms with Crippen molar-refractivity contribution in [1.82, 2.24) is 29.5 Å². The number of carbonyl (C=O) groups excluding carboxylic acids is 2. The van der Waals surface area contributed by atoms with E-state index in [2.05, 4.69) is 20.2 Å². The fourth-order valence-corrected chi connectivity index (χ4v) is 4.55. The molecule has 1 atom stereocenters. The summed E-state index contributed by atoms with van der Waals surface area (Å²) in [6, 6.07) is 1.79. The molecule has 2 amide bonds. The van der Waals surface area contributed by atoms with E-state index in [1.54, 1.807) is 29.1 Å². The molecule has 1 N–H and O–H groups in total. The lowest BCUT2D eigenvalue weighted by molar-refractivity contribution is -0.149. The molecule has 1 aliphatic carbocycles. The fourth-order valence-electron chi connectivity index (χ4n) is 4.55. The van der Waals surface area contributed by atoms with E-state index in [9.17, 15) is 9.59 Å². The van der Waals surface area contributed by atoms with E-state index in [4.69, 9.17) is 4.74 Å². The molecule has 4 heterocycles. The van der Waals surface area contributed by atoms with Crippen LogP contribution in [-0.2, 0) is 9.53 Å². The molecular weight excluding hydrogens is 396 g/mol. The number of fused-ring (bicyclic) bond motifs is 1. The van der Waals surface area contributed by atoms with Gasteiger partial charge in [0.15, 0.2) is 0 Å². The number of aromatic nitrogens is 3. The Balaban J connectivity index is 1.09. The molecule has 166 valence electrons. The first-order valence-electron chi connectivity index (χ1n) is 11.3. The maximum absolute atomic E-state index is 12.5. The van der Waals surface area contributed by atoms with Gasteiger partial charge in [0.2, 0.25) is 11.7 Å². The third kappa shape index (κ3) is 5.04. The highest BCUT2D eigenvalue weighted by Crippen LogP contribution is 2.31. The summed E-state index contributed by atoms with van der Waals surface area (Å²) in [7, 11) is 0. The molecule has 9 nitrogen and oxygen atoms in total. The van der Waals surface area contributed by atoms with Gasteiger partial charge in [-0.15, -0.1) is 0 Å². The highest BCUT2D eigenvalue weighted by atomic mass is 16.5. The molecule has 0 aromatic carbocycles. The zero-order valence-corrected chi connectivity index (χ0v) is 17.8. The lowest BCUT2D eigenvalue weighted by Crippen LogP contribution is -2.52. The summed E-state index contributed by atoms with van der Waals surface area (Å²) in [4.78, 5) is 37.7. The predicted molar refractivity (Wildman–Crippen MR) is 114 cm³/mol. The number of piperidine rings is 1. The minimum absolute atomic E-state index is 0.0504. The van der Waals surface area contributed by atoms with Crippen LogP contribution in [0.2, 0.25) is 0 Å². The molecule has 0 spiro atoms. The molecule has 2 aromatic heterocycles. The van der Waals surface area contributed by atoms with Crippen LogP contribution in [0, 0.1) is 11.8 Å². The molecule has 0 bridgehead atoms. The van der Waals surface area contributed by atoms with Crippen molar-refractivity contribution >= 4 is 17.6 Å². The van der Waals surface area contributed by atoms with Gasteiger partial charge in [-0.1, -0.05) is 0 Å². The molecule has 5 rings (SSSR count). The maximum Gasteiger partial charge on any atom is 0.271 e. The van der Waals surface area contributed by atoms with Gasteiger partial charge in [-0.05, 0) is 56.7 Å². The molecule has 3 aliphatic rings. The van der Waals surface area contributed by atoms with Gasteiger partial charge >= 0.3 is 0 Å². The lowest BCUT2D eigenvalue weighted by Gasteiger charge is -2.38. The SMILES string of the molecule is O=C(NCC1CN(CC2CCN(CC3CC3)CC2)C(=O)CO1)c1cn2cccnc2n1. The average Bonchev–Trinajstić information content (AvgIpc) is 3.49. The lowest BCUT2D eigenvalue weighted by atomic mass is 9.95. The first kappa shape index (κ1) is 20.4. The standard InChI is InChI=1S/C22H30N6O3/c29-20-15-31-18(10-24-21(30)19-14-27-7-1-6-23-22(27)25-19)13-28(20)12-17-4-8-26(9-5-17)11-16-2-3-16/h1,6-7,14,16-18H,2-5,8-13,15H2,(H,24,30). The predicted octanol–water partition coefficient (Wildman–Crippen LogP) is 0.809. The van der Waals surface area contributed by atoms with Gasteiger partial charge in [0.05, 0.1) is 6.10 Å². The Kier molecular flexibility index (Phi) is 5.87. The third-order valence-corrected chi connectivity index (χ3v) is 6.58. The van der Waals surface area contributed by atoms with Crippen LogP contribution < -0.4 is 5.32 Å². The van der Waals surface area contributed by atoms with Crippen molar-refractivity contribution in [3.8, 4) is 0 Å². The largest absolute Gasteiger partial charge is 0.365 e. The van der Waals surface area contributed by atoms with Gasteiger partial charge in [-0.3, -0.25) is 14.0 Å². The van der Waals surface area contributed by atoms with Gasteiger partial charge in [0.1, 0.15) is 12.3 Å². The van der Waals surface area contributed by atoms with Crippen molar-refractivity contribution in [2.45, 2.75) is 31.8 Å². The van der Waals surface area contributed by atoms with Crippen LogP contribution in [0.4, 0.5) is 0 Å². The van der Waals surface area contributed by atoms with E-state index >= 15 is 0 Å². The second-order valence-corrected chi connectivity index (χ2v) is 9.08. The van der Waals surface area contributed by atoms with Crippen molar-refractivity contribution in [3.05, 3.63) is 30.4 Å². The van der Waals surface area contributed by atoms with Crippen LogP contribution in [0.3, 0.4) is 0 Å². The Morgan fingerprint density at radius 2 is 1.97 bits per heavy atom. The fraction of sp³-hybridized carbons (Fsp3) is 0.636. The third-order valence-electron chi connectivity index (χ3n) is 6.58.